The SMILES string of the molecule is CCOc1ccc2nc(N3C(=O)C(=O)/C(=C(/O)c4ccc(C)cc4)[C@H]3c3ccc(C(C)(C)C)cc3)sc2c1. The number of amides is 1. The van der Waals surface area contributed by atoms with Crippen molar-refractivity contribution < 1.29 is 19.4 Å². The van der Waals surface area contributed by atoms with Gasteiger partial charge >= 0.3 is 5.91 Å². The molecule has 194 valence electrons. The van der Waals surface area contributed by atoms with E-state index in [9.17, 15) is 14.7 Å². The lowest BCUT2D eigenvalue weighted by Gasteiger charge is -2.24. The molecule has 1 aliphatic rings. The molecule has 1 fully saturated rings. The van der Waals surface area contributed by atoms with E-state index in [1.807, 2.05) is 68.4 Å². The zero-order chi connectivity index (χ0) is 27.2. The average molecular weight is 527 g/mol. The van der Waals surface area contributed by atoms with Gasteiger partial charge in [0, 0.05) is 5.56 Å². The Balaban J connectivity index is 1.69. The maximum Gasteiger partial charge on any atom is 0.301 e. The lowest BCUT2D eigenvalue weighted by atomic mass is 9.85. The predicted molar refractivity (Wildman–Crippen MR) is 152 cm³/mol. The lowest BCUT2D eigenvalue weighted by molar-refractivity contribution is -0.132. The standard InChI is InChI=1S/C31H30N2O4S/c1-6-37-22-15-16-23-24(17-22)38-30(32-23)33-26(19-11-13-21(14-12-19)31(3,4)5)25(28(35)29(33)36)27(34)20-9-7-18(2)8-10-20/h7-17,26,34H,6H2,1-5H3/b27-25+/t26-/m1/s1. The third-order valence-corrected chi connectivity index (χ3v) is 7.75. The molecule has 7 heteroatoms. The van der Waals surface area contributed by atoms with Gasteiger partial charge in [0.15, 0.2) is 5.13 Å². The van der Waals surface area contributed by atoms with Crippen molar-refractivity contribution in [1.29, 1.82) is 0 Å². The van der Waals surface area contributed by atoms with Crippen molar-refractivity contribution in [1.82, 2.24) is 4.98 Å². The average Bonchev–Trinajstić information content (AvgIpc) is 3.41. The van der Waals surface area contributed by atoms with Crippen molar-refractivity contribution in [2.24, 2.45) is 0 Å². The summed E-state index contributed by atoms with van der Waals surface area (Å²) in [6.45, 7) is 10.8. The normalized spacial score (nSPS) is 17.4. The smallest absolute Gasteiger partial charge is 0.301 e. The number of hydrogen-bond acceptors (Lipinski definition) is 6. The van der Waals surface area contributed by atoms with E-state index in [1.165, 1.54) is 16.2 Å². The highest BCUT2D eigenvalue weighted by Gasteiger charge is 2.48. The molecule has 0 spiro atoms. The summed E-state index contributed by atoms with van der Waals surface area (Å²) in [6.07, 6.45) is 0. The quantitative estimate of drug-likeness (QED) is 0.173. The predicted octanol–water partition coefficient (Wildman–Crippen LogP) is 6.93. The van der Waals surface area contributed by atoms with Gasteiger partial charge in [-0.2, -0.15) is 0 Å². The van der Waals surface area contributed by atoms with Gasteiger partial charge in [0.2, 0.25) is 0 Å². The molecule has 1 saturated heterocycles. The Bertz CT molecular complexity index is 1560. The Morgan fingerprint density at radius 2 is 1.71 bits per heavy atom. The fraction of sp³-hybridized carbons (Fsp3) is 0.258. The Morgan fingerprint density at radius 1 is 1.03 bits per heavy atom. The first-order valence-electron chi connectivity index (χ1n) is 12.6. The summed E-state index contributed by atoms with van der Waals surface area (Å²) in [7, 11) is 0. The highest BCUT2D eigenvalue weighted by molar-refractivity contribution is 7.22. The van der Waals surface area contributed by atoms with E-state index in [0.29, 0.717) is 28.6 Å². The maximum atomic E-state index is 13.5. The van der Waals surface area contributed by atoms with Gasteiger partial charge in [-0.25, -0.2) is 4.98 Å². The molecule has 1 aromatic heterocycles. The van der Waals surface area contributed by atoms with Gasteiger partial charge in [-0.05, 0) is 48.6 Å². The van der Waals surface area contributed by atoms with Crippen LogP contribution in [0, 0.1) is 6.92 Å². The van der Waals surface area contributed by atoms with Gasteiger partial charge in [0.1, 0.15) is 11.5 Å². The fourth-order valence-electron chi connectivity index (χ4n) is 4.63. The molecule has 2 heterocycles. The van der Waals surface area contributed by atoms with Crippen LogP contribution in [-0.2, 0) is 15.0 Å². The molecule has 4 aromatic rings. The molecule has 0 radical (unpaired) electrons. The third-order valence-electron chi connectivity index (χ3n) is 6.73. The second kappa shape index (κ2) is 9.72. The number of aromatic nitrogens is 1. The number of aliphatic hydroxyl groups excluding tert-OH is 1. The number of carbonyl (C=O) groups is 2. The molecular formula is C31H30N2O4S. The lowest BCUT2D eigenvalue weighted by Crippen LogP contribution is -2.29. The van der Waals surface area contributed by atoms with E-state index in [-0.39, 0.29) is 16.7 Å². The molecule has 1 aliphatic heterocycles. The molecule has 0 unspecified atom stereocenters. The molecule has 1 N–H and O–H groups in total. The first-order chi connectivity index (χ1) is 18.1. The van der Waals surface area contributed by atoms with Crippen LogP contribution in [0.5, 0.6) is 5.75 Å². The van der Waals surface area contributed by atoms with Crippen molar-refractivity contribution >= 4 is 44.1 Å². The van der Waals surface area contributed by atoms with Crippen LogP contribution in [0.1, 0.15) is 56.0 Å². The van der Waals surface area contributed by atoms with Crippen LogP contribution < -0.4 is 9.64 Å². The summed E-state index contributed by atoms with van der Waals surface area (Å²) in [5.41, 5.74) is 4.05. The highest BCUT2D eigenvalue weighted by Crippen LogP contribution is 2.45. The summed E-state index contributed by atoms with van der Waals surface area (Å²) in [4.78, 5) is 33.1. The van der Waals surface area contributed by atoms with E-state index < -0.39 is 17.7 Å². The number of rotatable bonds is 5. The number of ether oxygens (including phenoxy) is 1. The van der Waals surface area contributed by atoms with E-state index in [1.54, 1.807) is 12.1 Å². The van der Waals surface area contributed by atoms with Crippen molar-refractivity contribution in [2.75, 3.05) is 11.5 Å². The van der Waals surface area contributed by atoms with Crippen molar-refractivity contribution in [3.63, 3.8) is 0 Å². The van der Waals surface area contributed by atoms with Crippen LogP contribution in [0.3, 0.4) is 0 Å². The first kappa shape index (κ1) is 25.7. The Kier molecular flexibility index (Phi) is 6.57. The minimum absolute atomic E-state index is 0.0524. The number of anilines is 1. The minimum Gasteiger partial charge on any atom is -0.507 e. The topological polar surface area (TPSA) is 79.7 Å². The number of thiazole rings is 1. The molecule has 6 nitrogen and oxygen atoms in total. The Hall–Kier alpha value is -3.97. The molecule has 3 aromatic carbocycles. The van der Waals surface area contributed by atoms with E-state index in [4.69, 9.17) is 9.72 Å². The van der Waals surface area contributed by atoms with Crippen molar-refractivity contribution in [3.8, 4) is 5.75 Å². The van der Waals surface area contributed by atoms with E-state index in [0.717, 1.165) is 21.4 Å². The molecule has 1 amide bonds. The molecule has 1 atom stereocenters. The van der Waals surface area contributed by atoms with E-state index >= 15 is 0 Å². The van der Waals surface area contributed by atoms with Crippen LogP contribution in [0.2, 0.25) is 0 Å². The van der Waals surface area contributed by atoms with Crippen molar-refractivity contribution in [3.05, 3.63) is 94.6 Å². The van der Waals surface area contributed by atoms with Gasteiger partial charge in [0.05, 0.1) is 28.4 Å². The maximum absolute atomic E-state index is 13.5. The van der Waals surface area contributed by atoms with E-state index in [2.05, 4.69) is 20.8 Å². The third kappa shape index (κ3) is 4.58. The molecule has 0 aliphatic carbocycles. The van der Waals surface area contributed by atoms with Gasteiger partial charge in [-0.15, -0.1) is 0 Å². The van der Waals surface area contributed by atoms with Gasteiger partial charge in [-0.3, -0.25) is 14.5 Å². The molecule has 0 bridgehead atoms. The van der Waals surface area contributed by atoms with Gasteiger partial charge < -0.3 is 9.84 Å². The Labute approximate surface area is 226 Å². The molecule has 38 heavy (non-hydrogen) atoms. The largest absolute Gasteiger partial charge is 0.507 e. The van der Waals surface area contributed by atoms with Crippen LogP contribution in [-0.4, -0.2) is 28.4 Å². The van der Waals surface area contributed by atoms with Gasteiger partial charge in [0.25, 0.3) is 5.78 Å². The van der Waals surface area contributed by atoms with Crippen molar-refractivity contribution in [2.45, 2.75) is 46.1 Å². The van der Waals surface area contributed by atoms with Crippen LogP contribution in [0.25, 0.3) is 16.0 Å². The number of aryl methyl sites for hydroxylation is 1. The summed E-state index contributed by atoms with van der Waals surface area (Å²) in [5, 5.41) is 11.8. The van der Waals surface area contributed by atoms with Crippen LogP contribution in [0.15, 0.2) is 72.3 Å². The first-order valence-corrected chi connectivity index (χ1v) is 13.4. The number of hydrogen-bond donors (Lipinski definition) is 1. The second-order valence-electron chi connectivity index (χ2n) is 10.5. The summed E-state index contributed by atoms with van der Waals surface area (Å²) >= 11 is 1.32. The Morgan fingerprint density at radius 3 is 2.34 bits per heavy atom. The number of ketones is 1. The van der Waals surface area contributed by atoms with Crippen LogP contribution in [0.4, 0.5) is 5.13 Å². The molecular weight excluding hydrogens is 496 g/mol. The second-order valence-corrected chi connectivity index (χ2v) is 11.5. The highest BCUT2D eigenvalue weighted by atomic mass is 32.1. The van der Waals surface area contributed by atoms with Gasteiger partial charge in [-0.1, -0.05) is 86.2 Å². The summed E-state index contributed by atoms with van der Waals surface area (Å²) < 4.78 is 6.47. The number of Topliss-reactive ketones (excluding diaryl/α,β-unsaturated/α-hetero) is 1. The number of aliphatic hydroxyl groups is 1. The number of carbonyl (C=O) groups excluding carboxylic acids is 2. The monoisotopic (exact) mass is 526 g/mol. The zero-order valence-corrected chi connectivity index (χ0v) is 22.9. The summed E-state index contributed by atoms with van der Waals surface area (Å²) in [5.74, 6) is -0.934. The molecule has 5 rings (SSSR count). The minimum atomic E-state index is -0.822. The zero-order valence-electron chi connectivity index (χ0n) is 22.1. The molecule has 0 saturated carbocycles. The number of nitrogens with zero attached hydrogens (tertiary/aromatic N) is 2. The van der Waals surface area contributed by atoms with Crippen LogP contribution >= 0.6 is 11.3 Å². The number of fused-ring (bicyclic) bond motifs is 1. The fourth-order valence-corrected chi connectivity index (χ4v) is 5.65. The number of benzene rings is 3. The summed E-state index contributed by atoms with van der Waals surface area (Å²) in [6, 6.07) is 19.8.